The molecule has 2 N–H and O–H groups in total. The van der Waals surface area contributed by atoms with Crippen molar-refractivity contribution >= 4 is 11.8 Å². The van der Waals surface area contributed by atoms with E-state index in [2.05, 4.69) is 11.6 Å². The first-order chi connectivity index (χ1) is 16.4. The summed E-state index contributed by atoms with van der Waals surface area (Å²) >= 11 is 0. The van der Waals surface area contributed by atoms with E-state index in [1.807, 2.05) is 0 Å². The zero-order chi connectivity index (χ0) is 24.1. The first-order valence-electron chi connectivity index (χ1n) is 10.8. The van der Waals surface area contributed by atoms with Crippen LogP contribution in [0.25, 0.3) is 0 Å². The summed E-state index contributed by atoms with van der Waals surface area (Å²) in [4.78, 5) is 29.9. The number of primary amides is 1. The Labute approximate surface area is 196 Å². The van der Waals surface area contributed by atoms with Gasteiger partial charge in [0.1, 0.15) is 28.6 Å². The minimum absolute atomic E-state index is 0.0745. The number of pyridine rings is 1. The minimum atomic E-state index is -0.648. The van der Waals surface area contributed by atoms with Crippen molar-refractivity contribution in [1.82, 2.24) is 9.88 Å². The van der Waals surface area contributed by atoms with Crippen molar-refractivity contribution in [3.8, 4) is 23.1 Å². The fraction of sp³-hybridized carbons (Fsp3) is 0.192. The van der Waals surface area contributed by atoms with Gasteiger partial charge in [0.05, 0.1) is 0 Å². The van der Waals surface area contributed by atoms with Crippen LogP contribution in [0.15, 0.2) is 73.4 Å². The number of benzene rings is 2. The van der Waals surface area contributed by atoms with Gasteiger partial charge in [-0.1, -0.05) is 12.6 Å². The van der Waals surface area contributed by atoms with E-state index in [1.165, 1.54) is 18.2 Å². The molecule has 8 heteroatoms. The summed E-state index contributed by atoms with van der Waals surface area (Å²) in [6.07, 6.45) is 4.51. The van der Waals surface area contributed by atoms with Crippen LogP contribution in [0.3, 0.4) is 0 Å². The Bertz CT molecular complexity index is 1210. The van der Waals surface area contributed by atoms with Crippen molar-refractivity contribution in [3.05, 3.63) is 90.4 Å². The topological polar surface area (TPSA) is 94.8 Å². The highest BCUT2D eigenvalue weighted by Crippen LogP contribution is 2.29. The summed E-state index contributed by atoms with van der Waals surface area (Å²) in [5.41, 5.74) is 6.59. The van der Waals surface area contributed by atoms with E-state index in [1.54, 1.807) is 53.6 Å². The molecular weight excluding hydrogens is 437 g/mol. The second kappa shape index (κ2) is 10.2. The van der Waals surface area contributed by atoms with Gasteiger partial charge in [-0.25, -0.2) is 9.37 Å². The Balaban J connectivity index is 1.43. The van der Waals surface area contributed by atoms with E-state index in [0.29, 0.717) is 36.8 Å². The van der Waals surface area contributed by atoms with Gasteiger partial charge in [-0.2, -0.15) is 0 Å². The maximum Gasteiger partial charge on any atom is 0.254 e. The highest BCUT2D eigenvalue weighted by Gasteiger charge is 2.25. The van der Waals surface area contributed by atoms with Crippen molar-refractivity contribution in [2.45, 2.75) is 12.8 Å². The molecule has 0 bridgehead atoms. The van der Waals surface area contributed by atoms with Crippen LogP contribution < -0.4 is 15.2 Å². The molecule has 7 nitrogen and oxygen atoms in total. The molecule has 0 spiro atoms. The van der Waals surface area contributed by atoms with E-state index in [0.717, 1.165) is 12.0 Å². The number of nitrogens with zero attached hydrogens (tertiary/aromatic N) is 2. The number of hydrogen-bond donors (Lipinski definition) is 1. The molecule has 3 aromatic rings. The standard InChI is InChI=1S/C26H24FN3O4/c1-2-24(31)30-11-10-17(16-30)12-18-13-23(25(28)32)26(29-15-18)34-21-8-6-20(7-9-21)33-22-5-3-4-19(27)14-22/h2-9,13-15,17H,1,10-12,16H2,(H2,28,32). The van der Waals surface area contributed by atoms with Crippen molar-refractivity contribution in [2.75, 3.05) is 13.1 Å². The predicted octanol–water partition coefficient (Wildman–Crippen LogP) is 4.48. The first-order valence-corrected chi connectivity index (χ1v) is 10.8. The van der Waals surface area contributed by atoms with Gasteiger partial charge in [0.15, 0.2) is 0 Å². The highest BCUT2D eigenvalue weighted by molar-refractivity contribution is 5.95. The molecule has 0 saturated carbocycles. The normalized spacial score (nSPS) is 15.1. The third-order valence-corrected chi connectivity index (χ3v) is 5.54. The molecule has 0 aliphatic carbocycles. The van der Waals surface area contributed by atoms with E-state index >= 15 is 0 Å². The number of ether oxygens (including phenoxy) is 2. The van der Waals surface area contributed by atoms with Crippen LogP contribution in [-0.4, -0.2) is 34.8 Å². The van der Waals surface area contributed by atoms with Crippen LogP contribution in [0, 0.1) is 11.7 Å². The van der Waals surface area contributed by atoms with Crippen molar-refractivity contribution < 1.29 is 23.5 Å². The Morgan fingerprint density at radius 1 is 1.12 bits per heavy atom. The van der Waals surface area contributed by atoms with Crippen LogP contribution in [-0.2, 0) is 11.2 Å². The number of hydrogen-bond acceptors (Lipinski definition) is 5. The quantitative estimate of drug-likeness (QED) is 0.499. The Hall–Kier alpha value is -4.20. The molecule has 2 aromatic carbocycles. The zero-order valence-corrected chi connectivity index (χ0v) is 18.4. The molecular formula is C26H24FN3O4. The second-order valence-electron chi connectivity index (χ2n) is 8.04. The maximum absolute atomic E-state index is 13.3. The number of likely N-dealkylation sites (tertiary alicyclic amines) is 1. The molecule has 1 aliphatic heterocycles. The fourth-order valence-electron chi connectivity index (χ4n) is 3.88. The van der Waals surface area contributed by atoms with Gasteiger partial charge >= 0.3 is 0 Å². The number of aromatic nitrogens is 1. The molecule has 1 unspecified atom stereocenters. The van der Waals surface area contributed by atoms with Crippen molar-refractivity contribution in [1.29, 1.82) is 0 Å². The van der Waals surface area contributed by atoms with E-state index in [4.69, 9.17) is 15.2 Å². The smallest absolute Gasteiger partial charge is 0.254 e. The van der Waals surface area contributed by atoms with Gasteiger partial charge in [-0.3, -0.25) is 9.59 Å². The lowest BCUT2D eigenvalue weighted by molar-refractivity contribution is -0.125. The summed E-state index contributed by atoms with van der Waals surface area (Å²) in [6.45, 7) is 4.85. The molecule has 1 aliphatic rings. The Kier molecular flexibility index (Phi) is 6.87. The van der Waals surface area contributed by atoms with Crippen LogP contribution in [0.4, 0.5) is 4.39 Å². The number of amides is 2. The van der Waals surface area contributed by atoms with Gasteiger partial charge in [-0.05, 0) is 72.9 Å². The average molecular weight is 461 g/mol. The van der Waals surface area contributed by atoms with Gasteiger partial charge in [0, 0.05) is 25.4 Å². The van der Waals surface area contributed by atoms with Gasteiger partial charge in [0.25, 0.3) is 5.91 Å². The molecule has 2 heterocycles. The van der Waals surface area contributed by atoms with Crippen LogP contribution in [0.5, 0.6) is 23.1 Å². The molecule has 34 heavy (non-hydrogen) atoms. The summed E-state index contributed by atoms with van der Waals surface area (Å²) in [5.74, 6) is 0.567. The SMILES string of the molecule is C=CC(=O)N1CCC(Cc2cnc(Oc3ccc(Oc4cccc(F)c4)cc3)c(C(N)=O)c2)C1. The number of halogens is 1. The third-order valence-electron chi connectivity index (χ3n) is 5.54. The Morgan fingerprint density at radius 2 is 1.85 bits per heavy atom. The second-order valence-corrected chi connectivity index (χ2v) is 8.04. The molecule has 2 amide bonds. The summed E-state index contributed by atoms with van der Waals surface area (Å²) in [6, 6.07) is 14.1. The largest absolute Gasteiger partial charge is 0.457 e. The lowest BCUT2D eigenvalue weighted by atomic mass is 9.99. The lowest BCUT2D eigenvalue weighted by Crippen LogP contribution is -2.26. The van der Waals surface area contributed by atoms with Crippen LogP contribution in [0.2, 0.25) is 0 Å². The first kappa shape index (κ1) is 23.0. The number of carbonyl (C=O) groups excluding carboxylic acids is 2. The van der Waals surface area contributed by atoms with Crippen molar-refractivity contribution in [3.63, 3.8) is 0 Å². The zero-order valence-electron chi connectivity index (χ0n) is 18.4. The molecule has 1 saturated heterocycles. The predicted molar refractivity (Wildman–Crippen MR) is 124 cm³/mol. The summed E-state index contributed by atoms with van der Waals surface area (Å²) < 4.78 is 24.7. The highest BCUT2D eigenvalue weighted by atomic mass is 19.1. The van der Waals surface area contributed by atoms with Gasteiger partial charge in [0.2, 0.25) is 11.8 Å². The monoisotopic (exact) mass is 461 g/mol. The summed E-state index contributed by atoms with van der Waals surface area (Å²) in [7, 11) is 0. The fourth-order valence-corrected chi connectivity index (χ4v) is 3.88. The van der Waals surface area contributed by atoms with Crippen LogP contribution >= 0.6 is 0 Å². The number of rotatable bonds is 8. The van der Waals surface area contributed by atoms with Crippen LogP contribution in [0.1, 0.15) is 22.3 Å². The molecule has 0 radical (unpaired) electrons. The lowest BCUT2D eigenvalue weighted by Gasteiger charge is -2.15. The molecule has 1 atom stereocenters. The molecule has 4 rings (SSSR count). The minimum Gasteiger partial charge on any atom is -0.457 e. The third kappa shape index (κ3) is 5.58. The molecule has 174 valence electrons. The van der Waals surface area contributed by atoms with E-state index in [-0.39, 0.29) is 29.1 Å². The van der Waals surface area contributed by atoms with E-state index in [9.17, 15) is 14.0 Å². The van der Waals surface area contributed by atoms with Gasteiger partial charge < -0.3 is 20.1 Å². The maximum atomic E-state index is 13.3. The molecule has 1 aromatic heterocycles. The van der Waals surface area contributed by atoms with Crippen molar-refractivity contribution in [2.24, 2.45) is 11.7 Å². The average Bonchev–Trinajstić information content (AvgIpc) is 3.29. The molecule has 1 fully saturated rings. The Morgan fingerprint density at radius 3 is 2.53 bits per heavy atom. The summed E-state index contributed by atoms with van der Waals surface area (Å²) in [5, 5.41) is 0. The van der Waals surface area contributed by atoms with Gasteiger partial charge in [-0.15, -0.1) is 0 Å². The van der Waals surface area contributed by atoms with E-state index < -0.39 is 5.91 Å². The number of nitrogens with two attached hydrogens (primary N) is 1. The number of carbonyl (C=O) groups is 2.